The highest BCUT2D eigenvalue weighted by Gasteiger charge is 2.32. The summed E-state index contributed by atoms with van der Waals surface area (Å²) in [6.45, 7) is 2.77. The SMILES string of the molecule is CC1CCCCN1/C(N)=N\C(N)=Nc1ccc(OC(F)(F)F)c(F)c1.Cl.Cl. The third-order valence-electron chi connectivity index (χ3n) is 3.71. The molecular weight excluding hydrogens is 413 g/mol. The molecule has 0 saturated carbocycles. The fourth-order valence-electron chi connectivity index (χ4n) is 2.54. The van der Waals surface area contributed by atoms with Crippen LogP contribution in [-0.4, -0.2) is 35.8 Å². The molecule has 1 aromatic carbocycles. The molecule has 1 heterocycles. The molecule has 154 valence electrons. The van der Waals surface area contributed by atoms with E-state index in [4.69, 9.17) is 11.5 Å². The molecule has 0 spiro atoms. The Hall–Kier alpha value is -1.94. The van der Waals surface area contributed by atoms with Gasteiger partial charge in [-0.1, -0.05) is 0 Å². The number of hydrogen-bond donors (Lipinski definition) is 2. The lowest BCUT2D eigenvalue weighted by Gasteiger charge is -2.34. The van der Waals surface area contributed by atoms with Crippen LogP contribution in [0.1, 0.15) is 26.2 Å². The smallest absolute Gasteiger partial charge is 0.403 e. The van der Waals surface area contributed by atoms with Gasteiger partial charge in [0.15, 0.2) is 17.5 Å². The summed E-state index contributed by atoms with van der Waals surface area (Å²) in [5, 5.41) is 0. The molecule has 0 bridgehead atoms. The molecular formula is C15H21Cl2F4N5O. The van der Waals surface area contributed by atoms with Gasteiger partial charge in [0.25, 0.3) is 0 Å². The summed E-state index contributed by atoms with van der Waals surface area (Å²) in [4.78, 5) is 9.71. The van der Waals surface area contributed by atoms with Crippen LogP contribution in [0.5, 0.6) is 5.75 Å². The highest BCUT2D eigenvalue weighted by atomic mass is 35.5. The maximum Gasteiger partial charge on any atom is 0.573 e. The number of nitrogens with zero attached hydrogens (tertiary/aromatic N) is 3. The quantitative estimate of drug-likeness (QED) is 0.422. The predicted octanol–water partition coefficient (Wildman–Crippen LogP) is 3.70. The molecule has 27 heavy (non-hydrogen) atoms. The predicted molar refractivity (Wildman–Crippen MR) is 101 cm³/mol. The number of halogens is 6. The Morgan fingerprint density at radius 2 is 1.89 bits per heavy atom. The van der Waals surface area contributed by atoms with Gasteiger partial charge in [0, 0.05) is 18.7 Å². The van der Waals surface area contributed by atoms with Crippen LogP contribution in [0.3, 0.4) is 0 Å². The molecule has 0 radical (unpaired) electrons. The fraction of sp³-hybridized carbons (Fsp3) is 0.467. The van der Waals surface area contributed by atoms with Gasteiger partial charge in [-0.2, -0.15) is 4.99 Å². The molecule has 0 aliphatic carbocycles. The lowest BCUT2D eigenvalue weighted by Crippen LogP contribution is -2.46. The number of benzene rings is 1. The van der Waals surface area contributed by atoms with Crippen LogP contribution in [0, 0.1) is 5.82 Å². The summed E-state index contributed by atoms with van der Waals surface area (Å²) in [5.41, 5.74) is 11.6. The van der Waals surface area contributed by atoms with E-state index >= 15 is 0 Å². The molecule has 1 fully saturated rings. The second-order valence-corrected chi connectivity index (χ2v) is 5.64. The van der Waals surface area contributed by atoms with Crippen LogP contribution >= 0.6 is 24.8 Å². The van der Waals surface area contributed by atoms with Crippen LogP contribution < -0.4 is 16.2 Å². The molecule has 12 heteroatoms. The first kappa shape index (κ1) is 25.1. The number of nitrogens with two attached hydrogens (primary N) is 2. The normalized spacial score (nSPS) is 18.4. The summed E-state index contributed by atoms with van der Waals surface area (Å²) in [7, 11) is 0. The van der Waals surface area contributed by atoms with E-state index < -0.39 is 17.9 Å². The summed E-state index contributed by atoms with van der Waals surface area (Å²) < 4.78 is 53.5. The number of ether oxygens (including phenoxy) is 1. The molecule has 1 atom stereocenters. The lowest BCUT2D eigenvalue weighted by molar-refractivity contribution is -0.275. The Morgan fingerprint density at radius 3 is 2.44 bits per heavy atom. The van der Waals surface area contributed by atoms with Gasteiger partial charge in [0.1, 0.15) is 0 Å². The van der Waals surface area contributed by atoms with Gasteiger partial charge in [-0.05, 0) is 38.3 Å². The number of rotatable bonds is 2. The number of likely N-dealkylation sites (tertiary alicyclic amines) is 1. The third-order valence-corrected chi connectivity index (χ3v) is 3.71. The van der Waals surface area contributed by atoms with Crippen molar-refractivity contribution in [3.63, 3.8) is 0 Å². The monoisotopic (exact) mass is 433 g/mol. The number of guanidine groups is 2. The van der Waals surface area contributed by atoms with Crippen molar-refractivity contribution in [3.05, 3.63) is 24.0 Å². The standard InChI is InChI=1S/C15H19F4N5O.2ClH/c1-9-4-2-3-7-24(9)14(21)23-13(20)22-10-5-6-12(11(16)8-10)25-15(17,18)19;;/h5-6,8-9H,2-4,7H2,1H3,(H4,20,21,22,23);2*1H. The molecule has 4 N–H and O–H groups in total. The van der Waals surface area contributed by atoms with Gasteiger partial charge in [0.05, 0.1) is 5.69 Å². The molecule has 0 amide bonds. The zero-order valence-electron chi connectivity index (χ0n) is 14.4. The Morgan fingerprint density at radius 1 is 1.22 bits per heavy atom. The molecule has 1 aliphatic heterocycles. The van der Waals surface area contributed by atoms with E-state index in [1.54, 1.807) is 0 Å². The van der Waals surface area contributed by atoms with Crippen molar-refractivity contribution in [3.8, 4) is 5.75 Å². The number of piperidine rings is 1. The molecule has 6 nitrogen and oxygen atoms in total. The van der Waals surface area contributed by atoms with E-state index in [0.717, 1.165) is 44.0 Å². The number of alkyl halides is 3. The maximum atomic E-state index is 13.6. The molecule has 1 unspecified atom stereocenters. The first-order chi connectivity index (χ1) is 11.7. The number of hydrogen-bond acceptors (Lipinski definition) is 2. The lowest BCUT2D eigenvalue weighted by atomic mass is 10.0. The second kappa shape index (κ2) is 10.4. The van der Waals surface area contributed by atoms with Crippen LogP contribution in [0.25, 0.3) is 0 Å². The summed E-state index contributed by atoms with van der Waals surface area (Å²) >= 11 is 0. The van der Waals surface area contributed by atoms with E-state index in [-0.39, 0.29) is 48.5 Å². The fourth-order valence-corrected chi connectivity index (χ4v) is 2.54. The average molecular weight is 434 g/mol. The van der Waals surface area contributed by atoms with E-state index in [0.29, 0.717) is 0 Å². The van der Waals surface area contributed by atoms with Gasteiger partial charge in [-0.15, -0.1) is 38.0 Å². The topological polar surface area (TPSA) is 89.2 Å². The Labute approximate surface area is 166 Å². The molecule has 1 saturated heterocycles. The van der Waals surface area contributed by atoms with Crippen molar-refractivity contribution in [1.82, 2.24) is 4.90 Å². The minimum absolute atomic E-state index is 0. The van der Waals surface area contributed by atoms with Crippen molar-refractivity contribution in [2.24, 2.45) is 21.5 Å². The van der Waals surface area contributed by atoms with Crippen LogP contribution in [0.2, 0.25) is 0 Å². The molecule has 0 aromatic heterocycles. The molecule has 1 aromatic rings. The van der Waals surface area contributed by atoms with E-state index in [1.807, 2.05) is 11.8 Å². The first-order valence-corrected chi connectivity index (χ1v) is 7.66. The van der Waals surface area contributed by atoms with Gasteiger partial charge in [-0.25, -0.2) is 9.38 Å². The largest absolute Gasteiger partial charge is 0.573 e. The van der Waals surface area contributed by atoms with Crippen molar-refractivity contribution in [2.45, 2.75) is 38.6 Å². The first-order valence-electron chi connectivity index (χ1n) is 7.66. The van der Waals surface area contributed by atoms with Gasteiger partial charge < -0.3 is 21.1 Å². The molecule has 1 aliphatic rings. The summed E-state index contributed by atoms with van der Waals surface area (Å²) in [5.74, 6) is -2.19. The minimum atomic E-state index is -4.98. The Kier molecular flexibility index (Phi) is 9.66. The Bertz CT molecular complexity index is 685. The van der Waals surface area contributed by atoms with Crippen molar-refractivity contribution < 1.29 is 22.3 Å². The molecule has 2 rings (SSSR count). The Balaban J connectivity index is 0.00000338. The third kappa shape index (κ3) is 7.67. The average Bonchev–Trinajstić information content (AvgIpc) is 2.49. The van der Waals surface area contributed by atoms with Gasteiger partial charge in [-0.3, -0.25) is 0 Å². The zero-order chi connectivity index (χ0) is 18.6. The van der Waals surface area contributed by atoms with Gasteiger partial charge in [0.2, 0.25) is 5.96 Å². The second-order valence-electron chi connectivity index (χ2n) is 5.64. The summed E-state index contributed by atoms with van der Waals surface area (Å²) in [6, 6.07) is 2.94. The van der Waals surface area contributed by atoms with Crippen LogP contribution in [0.4, 0.5) is 23.2 Å². The van der Waals surface area contributed by atoms with E-state index in [1.165, 1.54) is 0 Å². The number of aliphatic imine (C=N–C) groups is 2. The van der Waals surface area contributed by atoms with Crippen molar-refractivity contribution in [1.29, 1.82) is 0 Å². The maximum absolute atomic E-state index is 13.6. The zero-order valence-corrected chi connectivity index (χ0v) is 16.0. The summed E-state index contributed by atoms with van der Waals surface area (Å²) in [6.07, 6.45) is -1.89. The minimum Gasteiger partial charge on any atom is -0.403 e. The van der Waals surface area contributed by atoms with Crippen LogP contribution in [-0.2, 0) is 0 Å². The van der Waals surface area contributed by atoms with Crippen molar-refractivity contribution >= 4 is 42.4 Å². The van der Waals surface area contributed by atoms with Crippen LogP contribution in [0.15, 0.2) is 28.2 Å². The van der Waals surface area contributed by atoms with Gasteiger partial charge >= 0.3 is 6.36 Å². The van der Waals surface area contributed by atoms with E-state index in [2.05, 4.69) is 14.7 Å². The van der Waals surface area contributed by atoms with Crippen molar-refractivity contribution in [2.75, 3.05) is 6.54 Å². The van der Waals surface area contributed by atoms with E-state index in [9.17, 15) is 17.6 Å². The highest BCUT2D eigenvalue weighted by molar-refractivity contribution is 5.94. The highest BCUT2D eigenvalue weighted by Crippen LogP contribution is 2.28.